The van der Waals surface area contributed by atoms with Crippen molar-refractivity contribution in [2.24, 2.45) is 5.92 Å². The predicted octanol–water partition coefficient (Wildman–Crippen LogP) is 3.37. The highest BCUT2D eigenvalue weighted by Gasteiger charge is 2.38. The average molecular weight is 628 g/mol. The molecule has 0 saturated carbocycles. The number of nitrogens with one attached hydrogen (secondary N) is 2. The number of hydrogen-bond acceptors (Lipinski definition) is 10. The van der Waals surface area contributed by atoms with Crippen molar-refractivity contribution in [1.82, 2.24) is 5.32 Å². The minimum atomic E-state index is -0.714. The van der Waals surface area contributed by atoms with Crippen LogP contribution in [0.5, 0.6) is 0 Å². The molecule has 2 aromatic rings. The fourth-order valence-electron chi connectivity index (χ4n) is 4.91. The van der Waals surface area contributed by atoms with Crippen LogP contribution in [0.25, 0.3) is 0 Å². The van der Waals surface area contributed by atoms with Gasteiger partial charge in [0.25, 0.3) is 5.91 Å². The van der Waals surface area contributed by atoms with Crippen LogP contribution in [0.15, 0.2) is 60.4 Å². The third-order valence-electron chi connectivity index (χ3n) is 7.21. The lowest BCUT2D eigenvalue weighted by Gasteiger charge is -2.37. The molecule has 1 heterocycles. The van der Waals surface area contributed by atoms with E-state index in [4.69, 9.17) is 34.5 Å². The standard InChI is InChI=1S/C33H45N3O9/c1-3-44-33-25(15-18-42-20-21-43-19-17-37)26(23-11-13-24(14-12-23)32(40)41-2)22-29(45-33)31(39)35-16-7-6-10-30(38)36-28-9-5-4-8-27(28)34/h4-5,8-9,11-14,22,25-26,33,37H,3,6-7,10,15-21,34H2,1-2H3,(H,35,39)(H,36,38)/t25-,26+,33+/m0/s1. The highest BCUT2D eigenvalue weighted by Crippen LogP contribution is 2.39. The van der Waals surface area contributed by atoms with E-state index >= 15 is 0 Å². The summed E-state index contributed by atoms with van der Waals surface area (Å²) in [5.41, 5.74) is 8.25. The van der Waals surface area contributed by atoms with E-state index in [-0.39, 0.29) is 49.0 Å². The highest BCUT2D eigenvalue weighted by atomic mass is 16.7. The lowest BCUT2D eigenvalue weighted by atomic mass is 9.81. The number of carbonyl (C=O) groups excluding carboxylic acids is 3. The molecule has 3 rings (SSSR count). The topological polar surface area (TPSA) is 168 Å². The lowest BCUT2D eigenvalue weighted by Crippen LogP contribution is -2.39. The fourth-order valence-corrected chi connectivity index (χ4v) is 4.91. The third kappa shape index (κ3) is 11.5. The van der Waals surface area contributed by atoms with E-state index in [1.54, 1.807) is 42.5 Å². The molecule has 0 fully saturated rings. The Morgan fingerprint density at radius 2 is 1.71 bits per heavy atom. The number of rotatable bonds is 19. The molecule has 1 aliphatic rings. The summed E-state index contributed by atoms with van der Waals surface area (Å²) in [4.78, 5) is 37.5. The molecule has 0 aromatic heterocycles. The number of esters is 1. The van der Waals surface area contributed by atoms with Crippen molar-refractivity contribution in [1.29, 1.82) is 0 Å². The number of aliphatic hydroxyl groups excluding tert-OH is 1. The Kier molecular flexibility index (Phi) is 15.3. The number of anilines is 2. The Morgan fingerprint density at radius 3 is 2.40 bits per heavy atom. The molecule has 0 aliphatic carbocycles. The molecule has 2 aromatic carbocycles. The van der Waals surface area contributed by atoms with Crippen LogP contribution in [-0.2, 0) is 33.3 Å². The second kappa shape index (κ2) is 19.4. The van der Waals surface area contributed by atoms with Gasteiger partial charge in [0.15, 0.2) is 5.76 Å². The van der Waals surface area contributed by atoms with E-state index in [1.807, 2.05) is 19.1 Å². The zero-order valence-electron chi connectivity index (χ0n) is 26.0. The molecule has 45 heavy (non-hydrogen) atoms. The average Bonchev–Trinajstić information content (AvgIpc) is 3.05. The van der Waals surface area contributed by atoms with Gasteiger partial charge in [-0.1, -0.05) is 24.3 Å². The van der Waals surface area contributed by atoms with E-state index < -0.39 is 12.3 Å². The van der Waals surface area contributed by atoms with Crippen molar-refractivity contribution in [3.05, 3.63) is 71.5 Å². The maximum Gasteiger partial charge on any atom is 0.337 e. The molecule has 12 heteroatoms. The van der Waals surface area contributed by atoms with Crippen molar-refractivity contribution in [2.45, 2.75) is 44.8 Å². The molecule has 12 nitrogen and oxygen atoms in total. The number of carbonyl (C=O) groups is 3. The van der Waals surface area contributed by atoms with E-state index in [1.165, 1.54) is 7.11 Å². The molecule has 0 radical (unpaired) electrons. The van der Waals surface area contributed by atoms with Crippen molar-refractivity contribution in [3.63, 3.8) is 0 Å². The van der Waals surface area contributed by atoms with Crippen LogP contribution >= 0.6 is 0 Å². The molecule has 5 N–H and O–H groups in total. The van der Waals surface area contributed by atoms with Gasteiger partial charge in [-0.2, -0.15) is 0 Å². The first-order valence-corrected chi connectivity index (χ1v) is 15.2. The summed E-state index contributed by atoms with van der Waals surface area (Å²) >= 11 is 0. The number of nitrogens with two attached hydrogens (primary N) is 1. The molecule has 0 unspecified atom stereocenters. The second-order valence-corrected chi connectivity index (χ2v) is 10.4. The minimum absolute atomic E-state index is 0.0457. The van der Waals surface area contributed by atoms with Gasteiger partial charge in [-0.15, -0.1) is 0 Å². The maximum atomic E-state index is 13.2. The number of ether oxygens (including phenoxy) is 5. The first-order valence-electron chi connectivity index (χ1n) is 15.2. The largest absolute Gasteiger partial charge is 0.465 e. The van der Waals surface area contributed by atoms with E-state index in [0.29, 0.717) is 69.2 Å². The maximum absolute atomic E-state index is 13.2. The van der Waals surface area contributed by atoms with E-state index in [0.717, 1.165) is 5.56 Å². The Morgan fingerprint density at radius 1 is 0.978 bits per heavy atom. The van der Waals surface area contributed by atoms with Gasteiger partial charge < -0.3 is 45.2 Å². The molecule has 0 saturated heterocycles. The van der Waals surface area contributed by atoms with Crippen LogP contribution in [0, 0.1) is 5.92 Å². The molecule has 0 spiro atoms. The van der Waals surface area contributed by atoms with Crippen LogP contribution in [0.4, 0.5) is 11.4 Å². The number of allylic oxidation sites excluding steroid dienone is 1. The number of para-hydroxylation sites is 2. The van der Waals surface area contributed by atoms with Crippen LogP contribution in [0.1, 0.15) is 54.4 Å². The first-order chi connectivity index (χ1) is 21.9. The van der Waals surface area contributed by atoms with E-state index in [9.17, 15) is 14.4 Å². The fraction of sp³-hybridized carbons (Fsp3) is 0.485. The molecule has 2 amide bonds. The quantitative estimate of drug-likeness (QED) is 0.103. The first kappa shape index (κ1) is 35.5. The number of aliphatic hydroxyl groups is 1. The Bertz CT molecular complexity index is 1250. The van der Waals surface area contributed by atoms with Gasteiger partial charge in [-0.05, 0) is 62.1 Å². The summed E-state index contributed by atoms with van der Waals surface area (Å²) in [5, 5.41) is 14.5. The number of hydrogen-bond donors (Lipinski definition) is 4. The van der Waals surface area contributed by atoms with Gasteiger partial charge >= 0.3 is 5.97 Å². The van der Waals surface area contributed by atoms with Crippen LogP contribution in [-0.4, -0.2) is 82.5 Å². The summed E-state index contributed by atoms with van der Waals surface area (Å²) in [6, 6.07) is 14.1. The monoisotopic (exact) mass is 627 g/mol. The summed E-state index contributed by atoms with van der Waals surface area (Å²) < 4.78 is 27.9. The van der Waals surface area contributed by atoms with Crippen molar-refractivity contribution >= 4 is 29.2 Å². The summed E-state index contributed by atoms with van der Waals surface area (Å²) in [6.45, 7) is 3.93. The molecule has 1 aliphatic heterocycles. The lowest BCUT2D eigenvalue weighted by molar-refractivity contribution is -0.168. The van der Waals surface area contributed by atoms with Gasteiger partial charge in [0.2, 0.25) is 12.2 Å². The Hall–Kier alpha value is -3.97. The van der Waals surface area contributed by atoms with Crippen molar-refractivity contribution < 1.29 is 43.2 Å². The van der Waals surface area contributed by atoms with Crippen molar-refractivity contribution in [2.75, 3.05) is 64.3 Å². The summed E-state index contributed by atoms with van der Waals surface area (Å²) in [6.07, 6.45) is 3.08. The van der Waals surface area contributed by atoms with Crippen LogP contribution in [0.3, 0.4) is 0 Å². The number of benzene rings is 2. The van der Waals surface area contributed by atoms with Gasteiger partial charge in [0, 0.05) is 38.0 Å². The van der Waals surface area contributed by atoms with Gasteiger partial charge in [0.1, 0.15) is 0 Å². The summed E-state index contributed by atoms with van der Waals surface area (Å²) in [5.74, 6) is -1.29. The Labute approximate surface area is 264 Å². The third-order valence-corrected chi connectivity index (χ3v) is 7.21. The predicted molar refractivity (Wildman–Crippen MR) is 168 cm³/mol. The molecular formula is C33H45N3O9. The number of amides is 2. The van der Waals surface area contributed by atoms with Crippen molar-refractivity contribution in [3.8, 4) is 0 Å². The SMILES string of the molecule is CCO[C@@H]1OC(C(=O)NCCCCC(=O)Nc2ccccc2N)=C[C@H](c2ccc(C(=O)OC)cc2)[C@@H]1CCOCCOCCO. The summed E-state index contributed by atoms with van der Waals surface area (Å²) in [7, 11) is 1.33. The van der Waals surface area contributed by atoms with Gasteiger partial charge in [0.05, 0.1) is 50.5 Å². The van der Waals surface area contributed by atoms with Crippen LogP contribution < -0.4 is 16.4 Å². The smallest absolute Gasteiger partial charge is 0.337 e. The molecular weight excluding hydrogens is 582 g/mol. The number of nitrogen functional groups attached to an aromatic ring is 1. The highest BCUT2D eigenvalue weighted by molar-refractivity contribution is 5.94. The van der Waals surface area contributed by atoms with Gasteiger partial charge in [-0.3, -0.25) is 9.59 Å². The molecule has 0 bridgehead atoms. The normalized spacial score (nSPS) is 17.6. The number of unbranched alkanes of at least 4 members (excludes halogenated alkanes) is 1. The Balaban J connectivity index is 1.63. The second-order valence-electron chi connectivity index (χ2n) is 10.4. The number of methoxy groups -OCH3 is 1. The minimum Gasteiger partial charge on any atom is -0.465 e. The van der Waals surface area contributed by atoms with Crippen LogP contribution in [0.2, 0.25) is 0 Å². The zero-order chi connectivity index (χ0) is 32.4. The molecule has 246 valence electrons. The van der Waals surface area contributed by atoms with Gasteiger partial charge in [-0.25, -0.2) is 4.79 Å². The van der Waals surface area contributed by atoms with E-state index in [2.05, 4.69) is 10.6 Å². The molecule has 3 atom stereocenters. The zero-order valence-corrected chi connectivity index (χ0v) is 26.0.